The second kappa shape index (κ2) is 8.48. The van der Waals surface area contributed by atoms with E-state index in [4.69, 9.17) is 16.3 Å². The summed E-state index contributed by atoms with van der Waals surface area (Å²) in [5.41, 5.74) is 1.02. The summed E-state index contributed by atoms with van der Waals surface area (Å²) < 4.78 is 5.42. The molecule has 2 N–H and O–H groups in total. The number of halogens is 1. The van der Waals surface area contributed by atoms with Crippen molar-refractivity contribution in [2.45, 2.75) is 26.1 Å². The van der Waals surface area contributed by atoms with Crippen LogP contribution < -0.4 is 5.32 Å². The largest absolute Gasteiger partial charge is 0.389 e. The van der Waals surface area contributed by atoms with Crippen molar-refractivity contribution in [2.75, 3.05) is 19.7 Å². The molecule has 0 saturated heterocycles. The second-order valence-electron chi connectivity index (χ2n) is 4.00. The molecule has 0 aromatic heterocycles. The quantitative estimate of drug-likeness (QED) is 0.702. The number of nitrogens with one attached hydrogen (secondary N) is 1. The van der Waals surface area contributed by atoms with Crippen molar-refractivity contribution in [3.63, 3.8) is 0 Å². The maximum atomic E-state index is 9.59. The van der Waals surface area contributed by atoms with E-state index in [1.807, 2.05) is 24.3 Å². The van der Waals surface area contributed by atoms with Crippen LogP contribution in [0.4, 0.5) is 0 Å². The molecule has 0 spiro atoms. The Labute approximate surface area is 108 Å². The van der Waals surface area contributed by atoms with E-state index >= 15 is 0 Å². The van der Waals surface area contributed by atoms with E-state index in [-0.39, 0.29) is 0 Å². The lowest BCUT2D eigenvalue weighted by Crippen LogP contribution is -2.30. The SMILES string of the molecule is CCCNCC(O)COCc1cccc(Cl)c1. The standard InChI is InChI=1S/C13H20ClNO2/c1-2-6-15-8-13(16)10-17-9-11-4-3-5-12(14)7-11/h3-5,7,13,15-16H,2,6,8-10H2,1H3. The van der Waals surface area contributed by atoms with Crippen molar-refractivity contribution in [1.29, 1.82) is 0 Å². The minimum Gasteiger partial charge on any atom is -0.389 e. The van der Waals surface area contributed by atoms with Gasteiger partial charge >= 0.3 is 0 Å². The minimum atomic E-state index is -0.458. The topological polar surface area (TPSA) is 41.5 Å². The predicted octanol–water partition coefficient (Wildman–Crippen LogP) is 2.22. The highest BCUT2D eigenvalue weighted by atomic mass is 35.5. The molecule has 1 rings (SSSR count). The molecule has 0 saturated carbocycles. The minimum absolute atomic E-state index is 0.337. The van der Waals surface area contributed by atoms with Crippen LogP contribution in [0.3, 0.4) is 0 Å². The molecule has 0 aliphatic heterocycles. The van der Waals surface area contributed by atoms with Gasteiger partial charge in [0, 0.05) is 11.6 Å². The van der Waals surface area contributed by atoms with E-state index in [0.29, 0.717) is 24.8 Å². The second-order valence-corrected chi connectivity index (χ2v) is 4.44. The number of hydrogen-bond acceptors (Lipinski definition) is 3. The van der Waals surface area contributed by atoms with E-state index in [0.717, 1.165) is 18.5 Å². The van der Waals surface area contributed by atoms with Gasteiger partial charge in [0.05, 0.1) is 19.3 Å². The molecule has 0 amide bonds. The first kappa shape index (κ1) is 14.5. The monoisotopic (exact) mass is 257 g/mol. The van der Waals surface area contributed by atoms with Crippen LogP contribution >= 0.6 is 11.6 Å². The number of aliphatic hydroxyl groups excluding tert-OH is 1. The van der Waals surface area contributed by atoms with Crippen LogP contribution in [0.5, 0.6) is 0 Å². The number of rotatable bonds is 8. The Morgan fingerprint density at radius 3 is 3.00 bits per heavy atom. The van der Waals surface area contributed by atoms with Gasteiger partial charge in [0.1, 0.15) is 0 Å². The van der Waals surface area contributed by atoms with Gasteiger partial charge in [-0.15, -0.1) is 0 Å². The Bertz CT molecular complexity index is 320. The summed E-state index contributed by atoms with van der Waals surface area (Å²) in [5, 5.41) is 13.4. The van der Waals surface area contributed by atoms with Gasteiger partial charge in [-0.2, -0.15) is 0 Å². The zero-order chi connectivity index (χ0) is 12.5. The molecule has 96 valence electrons. The third-order valence-corrected chi connectivity index (χ3v) is 2.51. The van der Waals surface area contributed by atoms with Gasteiger partial charge in [0.2, 0.25) is 0 Å². The third-order valence-electron chi connectivity index (χ3n) is 2.27. The van der Waals surface area contributed by atoms with Crippen LogP contribution in [0.1, 0.15) is 18.9 Å². The van der Waals surface area contributed by atoms with Crippen LogP contribution in [-0.4, -0.2) is 30.9 Å². The van der Waals surface area contributed by atoms with Crippen LogP contribution in [0.2, 0.25) is 5.02 Å². The average Bonchev–Trinajstić information content (AvgIpc) is 2.29. The molecule has 1 unspecified atom stereocenters. The fourth-order valence-electron chi connectivity index (χ4n) is 1.44. The summed E-state index contributed by atoms with van der Waals surface area (Å²) in [6, 6.07) is 7.53. The molecule has 0 aliphatic rings. The molecule has 0 bridgehead atoms. The highest BCUT2D eigenvalue weighted by molar-refractivity contribution is 6.30. The molecule has 0 fully saturated rings. The van der Waals surface area contributed by atoms with Crippen molar-refractivity contribution in [3.05, 3.63) is 34.9 Å². The van der Waals surface area contributed by atoms with Crippen LogP contribution in [0, 0.1) is 0 Å². The van der Waals surface area contributed by atoms with E-state index in [9.17, 15) is 5.11 Å². The van der Waals surface area contributed by atoms with Gasteiger partial charge in [-0.3, -0.25) is 0 Å². The molecule has 1 aromatic rings. The lowest BCUT2D eigenvalue weighted by molar-refractivity contribution is 0.0290. The van der Waals surface area contributed by atoms with Crippen molar-refractivity contribution >= 4 is 11.6 Å². The smallest absolute Gasteiger partial charge is 0.0897 e. The molecule has 0 radical (unpaired) electrons. The predicted molar refractivity (Wildman–Crippen MR) is 70.3 cm³/mol. The van der Waals surface area contributed by atoms with Crippen molar-refractivity contribution in [3.8, 4) is 0 Å². The van der Waals surface area contributed by atoms with Crippen LogP contribution in [0.25, 0.3) is 0 Å². The fraction of sp³-hybridized carbons (Fsp3) is 0.538. The Kier molecular flexibility index (Phi) is 7.21. The summed E-state index contributed by atoms with van der Waals surface area (Å²) in [6.07, 6.45) is 0.608. The normalized spacial score (nSPS) is 12.6. The van der Waals surface area contributed by atoms with E-state index < -0.39 is 6.10 Å². The molecule has 17 heavy (non-hydrogen) atoms. The maximum absolute atomic E-state index is 9.59. The van der Waals surface area contributed by atoms with Gasteiger partial charge < -0.3 is 15.2 Å². The molecular weight excluding hydrogens is 238 g/mol. The van der Waals surface area contributed by atoms with Gasteiger partial charge in [-0.1, -0.05) is 30.7 Å². The first-order valence-corrected chi connectivity index (χ1v) is 6.31. The van der Waals surface area contributed by atoms with Gasteiger partial charge in [0.15, 0.2) is 0 Å². The number of benzene rings is 1. The summed E-state index contributed by atoms with van der Waals surface area (Å²) in [6.45, 7) is 4.40. The lowest BCUT2D eigenvalue weighted by atomic mass is 10.2. The number of hydrogen-bond donors (Lipinski definition) is 2. The summed E-state index contributed by atoms with van der Waals surface area (Å²) in [7, 11) is 0. The first-order valence-electron chi connectivity index (χ1n) is 5.93. The molecule has 1 atom stereocenters. The van der Waals surface area contributed by atoms with Gasteiger partial charge in [-0.25, -0.2) is 0 Å². The van der Waals surface area contributed by atoms with Crippen molar-refractivity contribution in [2.24, 2.45) is 0 Å². The summed E-state index contributed by atoms with van der Waals surface area (Å²) in [4.78, 5) is 0. The molecule has 0 aliphatic carbocycles. The molecule has 0 heterocycles. The average molecular weight is 258 g/mol. The first-order chi connectivity index (χ1) is 8.22. The Balaban J connectivity index is 2.14. The Morgan fingerprint density at radius 2 is 2.29 bits per heavy atom. The molecule has 3 nitrogen and oxygen atoms in total. The fourth-order valence-corrected chi connectivity index (χ4v) is 1.66. The van der Waals surface area contributed by atoms with Gasteiger partial charge in [0.25, 0.3) is 0 Å². The molecule has 4 heteroatoms. The zero-order valence-corrected chi connectivity index (χ0v) is 10.9. The highest BCUT2D eigenvalue weighted by Gasteiger charge is 2.03. The summed E-state index contributed by atoms with van der Waals surface area (Å²) in [5.74, 6) is 0. The maximum Gasteiger partial charge on any atom is 0.0897 e. The number of ether oxygens (including phenoxy) is 1. The van der Waals surface area contributed by atoms with E-state index in [1.165, 1.54) is 0 Å². The van der Waals surface area contributed by atoms with E-state index in [2.05, 4.69) is 12.2 Å². The highest BCUT2D eigenvalue weighted by Crippen LogP contribution is 2.11. The Morgan fingerprint density at radius 1 is 1.47 bits per heavy atom. The third kappa shape index (κ3) is 6.64. The zero-order valence-electron chi connectivity index (χ0n) is 10.2. The van der Waals surface area contributed by atoms with E-state index in [1.54, 1.807) is 0 Å². The van der Waals surface area contributed by atoms with Crippen LogP contribution in [0.15, 0.2) is 24.3 Å². The summed E-state index contributed by atoms with van der Waals surface area (Å²) >= 11 is 5.86. The Hall–Kier alpha value is -0.610. The van der Waals surface area contributed by atoms with Crippen LogP contribution in [-0.2, 0) is 11.3 Å². The van der Waals surface area contributed by atoms with Crippen molar-refractivity contribution < 1.29 is 9.84 Å². The number of aliphatic hydroxyl groups is 1. The van der Waals surface area contributed by atoms with Crippen molar-refractivity contribution in [1.82, 2.24) is 5.32 Å². The van der Waals surface area contributed by atoms with Gasteiger partial charge in [-0.05, 0) is 30.7 Å². The lowest BCUT2D eigenvalue weighted by Gasteiger charge is -2.12. The molecular formula is C13H20ClNO2. The molecule has 1 aromatic carbocycles.